The van der Waals surface area contributed by atoms with E-state index < -0.39 is 0 Å². The fraction of sp³-hybridized carbons (Fsp3) is 0.0153. The van der Waals surface area contributed by atoms with Crippen LogP contribution in [0, 0.1) is 6.92 Å². The van der Waals surface area contributed by atoms with Crippen molar-refractivity contribution in [3.8, 4) is 140 Å². The molecule has 3 aromatic heterocycles. The molecule has 6 heteroatoms. The number of hydrogen-bond acceptors (Lipinski definition) is 3. The summed E-state index contributed by atoms with van der Waals surface area (Å²) in [5, 5.41) is 15.0. The van der Waals surface area contributed by atoms with Crippen molar-refractivity contribution in [1.82, 2.24) is 28.7 Å². The first-order valence-electron chi connectivity index (χ1n) is 46.5. The van der Waals surface area contributed by atoms with E-state index >= 15 is 0 Å². The van der Waals surface area contributed by atoms with Gasteiger partial charge in [-0.2, -0.15) is 0 Å². The second-order valence-corrected chi connectivity index (χ2v) is 34.8. The zero-order chi connectivity index (χ0) is 90.4. The van der Waals surface area contributed by atoms with Gasteiger partial charge < -0.3 is 0 Å². The van der Waals surface area contributed by atoms with Gasteiger partial charge in [-0.1, -0.05) is 444 Å². The Morgan fingerprint density at radius 3 is 0.701 bits per heavy atom. The van der Waals surface area contributed by atoms with Crippen molar-refractivity contribution in [3.05, 3.63) is 521 Å². The van der Waals surface area contributed by atoms with Crippen molar-refractivity contribution in [3.63, 3.8) is 0 Å². The Morgan fingerprint density at radius 1 is 0.146 bits per heavy atom. The summed E-state index contributed by atoms with van der Waals surface area (Å²) in [6, 6.07) is 184. The third-order valence-electron chi connectivity index (χ3n) is 26.6. The maximum Gasteiger partial charge on any atom is 0.145 e. The topological polar surface area (TPSA) is 53.5 Å². The number of imidazole rings is 3. The predicted molar refractivity (Wildman–Crippen MR) is 580 cm³/mol. The van der Waals surface area contributed by atoms with Crippen LogP contribution in [-0.4, -0.2) is 28.7 Å². The third kappa shape index (κ3) is 15.4. The number of hydrogen-bond donors (Lipinski definition) is 0. The molecular formula is C131H92N6. The maximum atomic E-state index is 5.21. The van der Waals surface area contributed by atoms with Crippen LogP contribution >= 0.6 is 0 Å². The molecular weight excluding hydrogens is 1660 g/mol. The molecule has 0 N–H and O–H groups in total. The zero-order valence-electron chi connectivity index (χ0n) is 74.8. The van der Waals surface area contributed by atoms with Gasteiger partial charge in [0.2, 0.25) is 0 Å². The van der Waals surface area contributed by atoms with Crippen molar-refractivity contribution in [1.29, 1.82) is 0 Å². The highest BCUT2D eigenvalue weighted by Gasteiger charge is 2.26. The average Bonchev–Trinajstić information content (AvgIpc) is 1.30. The lowest BCUT2D eigenvalue weighted by Crippen LogP contribution is -1.98. The van der Waals surface area contributed by atoms with Gasteiger partial charge in [0.05, 0.1) is 33.1 Å². The van der Waals surface area contributed by atoms with Crippen molar-refractivity contribution in [2.45, 2.75) is 14.4 Å². The normalized spacial score (nSPS) is 11.3. The molecule has 0 bridgehead atoms. The average molecular weight is 1750 g/mol. The lowest BCUT2D eigenvalue weighted by Gasteiger charge is -2.19. The molecule has 0 saturated heterocycles. The minimum Gasteiger partial charge on any atom is -0.292 e. The number of para-hydroxylation sites is 7. The minimum absolute atomic E-state index is 0. The number of benzene rings is 23. The molecule has 0 aliphatic carbocycles. The largest absolute Gasteiger partial charge is 0.292 e. The van der Waals surface area contributed by atoms with Gasteiger partial charge in [-0.3, -0.25) is 13.7 Å². The third-order valence-corrected chi connectivity index (χ3v) is 26.6. The quantitative estimate of drug-likeness (QED) is 0.102. The van der Waals surface area contributed by atoms with Crippen LogP contribution in [0.15, 0.2) is 516 Å². The van der Waals surface area contributed by atoms with E-state index in [0.29, 0.717) is 0 Å². The summed E-state index contributed by atoms with van der Waals surface area (Å²) in [6.07, 6.45) is 0. The van der Waals surface area contributed by atoms with Crippen LogP contribution in [-0.2, 0) is 0 Å². The van der Waals surface area contributed by atoms with Crippen LogP contribution in [0.3, 0.4) is 0 Å². The van der Waals surface area contributed by atoms with E-state index in [1.807, 2.05) is 12.1 Å². The van der Waals surface area contributed by atoms with Crippen LogP contribution in [0.2, 0.25) is 0 Å². The Balaban J connectivity index is 0.000000115. The molecule has 0 aliphatic rings. The first-order valence-corrected chi connectivity index (χ1v) is 46.5. The highest BCUT2D eigenvalue weighted by atomic mass is 15.1. The monoisotopic (exact) mass is 1750 g/mol. The van der Waals surface area contributed by atoms with Gasteiger partial charge >= 0.3 is 0 Å². The van der Waals surface area contributed by atoms with Crippen LogP contribution in [0.5, 0.6) is 0 Å². The summed E-state index contributed by atoms with van der Waals surface area (Å²) in [5.41, 5.74) is 33.7. The molecule has 6 nitrogen and oxygen atoms in total. The molecule has 3 heterocycles. The summed E-state index contributed by atoms with van der Waals surface area (Å²) in [7, 11) is 0. The van der Waals surface area contributed by atoms with Crippen molar-refractivity contribution < 1.29 is 0 Å². The summed E-state index contributed by atoms with van der Waals surface area (Å²) in [4.78, 5) is 15.3. The standard InChI is InChI=1S/2C45H30N2.C40H28N2.CH4/c1-4-14-31(15-5-1)35-26-29-39-40(30-35)44(38-21-11-10-20-37(38)43(39)32-16-6-2-7-17-32)33-24-27-36(28-25-33)47-42-23-13-12-22-41(42)46-45(47)34-18-8-3-9-19-34;1-4-14-31(15-5-1)32-24-26-34(27-25-32)43-37-20-10-11-21-38(37)44(33-16-6-2-7-17-33)40-30-35(28-29-39(40)43)45-46-41-22-12-13-23-42(41)47(45)36-18-8-3-9-19-36;1-27-20-25-34-35(26-27)39(33-17-9-8-16-32(33)38(34)28-12-4-2-5-13-28)29-21-23-31(24-22-29)42-37-19-11-10-18-36(37)41-40(42)30-14-6-3-7-15-30;/h2*1-30H;2-26H,1H3;1H4. The van der Waals surface area contributed by atoms with Gasteiger partial charge in [0.15, 0.2) is 0 Å². The molecule has 0 spiro atoms. The molecule has 0 amide bonds. The van der Waals surface area contributed by atoms with Crippen molar-refractivity contribution in [2.24, 2.45) is 0 Å². The van der Waals surface area contributed by atoms with Crippen molar-refractivity contribution >= 4 is 97.7 Å². The number of aryl methyl sites for hydroxylation is 1. The number of aromatic nitrogens is 6. The molecule has 26 rings (SSSR count). The number of nitrogens with zero attached hydrogens (tertiary/aromatic N) is 6. The Labute approximate surface area is 796 Å². The highest BCUT2D eigenvalue weighted by molar-refractivity contribution is 6.25. The molecule has 26 aromatic rings. The fourth-order valence-electron chi connectivity index (χ4n) is 20.5. The Bertz CT molecular complexity index is 8950. The van der Waals surface area contributed by atoms with Gasteiger partial charge in [-0.25, -0.2) is 15.0 Å². The second kappa shape index (κ2) is 36.3. The van der Waals surface area contributed by atoms with Gasteiger partial charge in [0.25, 0.3) is 0 Å². The Hall–Kier alpha value is -18.0. The second-order valence-electron chi connectivity index (χ2n) is 34.8. The van der Waals surface area contributed by atoms with E-state index in [2.05, 4.69) is 524 Å². The van der Waals surface area contributed by atoms with Crippen LogP contribution < -0.4 is 0 Å². The zero-order valence-corrected chi connectivity index (χ0v) is 74.8. The van der Waals surface area contributed by atoms with Crippen LogP contribution in [0.1, 0.15) is 13.0 Å². The smallest absolute Gasteiger partial charge is 0.145 e. The van der Waals surface area contributed by atoms with Gasteiger partial charge in [0, 0.05) is 33.8 Å². The van der Waals surface area contributed by atoms with E-state index in [1.54, 1.807) is 0 Å². The SMILES string of the molecule is C.Cc1ccc2c(-c3ccccc3)c3ccccc3c(-c3ccc(-n4c(-c5ccccc5)nc5ccccc54)cc3)c2c1.c1ccc(-c2ccc(-c3c4ccccc4c(-c4ccccc4)c4cc(-c5nc6ccccc6n5-c5ccccc5)ccc34)cc2)cc1.c1ccc(-c2ccc3c(-c4ccccc4)c4ccccc4c(-c4ccc(-n5c(-c6ccccc6)nc6ccccc65)cc4)c3c2)cc1. The molecule has 0 atom stereocenters. The molecule has 0 radical (unpaired) electrons. The predicted octanol–water partition coefficient (Wildman–Crippen LogP) is 35.3. The van der Waals surface area contributed by atoms with E-state index in [1.165, 1.54) is 159 Å². The number of rotatable bonds is 14. The van der Waals surface area contributed by atoms with Crippen LogP contribution in [0.4, 0.5) is 0 Å². The molecule has 137 heavy (non-hydrogen) atoms. The van der Waals surface area contributed by atoms with Gasteiger partial charge in [-0.05, 0) is 246 Å². The summed E-state index contributed by atoms with van der Waals surface area (Å²) >= 11 is 0. The molecule has 0 saturated carbocycles. The molecule has 0 unspecified atom stereocenters. The van der Waals surface area contributed by atoms with E-state index in [-0.39, 0.29) is 7.43 Å². The number of fused-ring (bicyclic) bond motifs is 9. The van der Waals surface area contributed by atoms with Crippen molar-refractivity contribution in [2.75, 3.05) is 0 Å². The summed E-state index contributed by atoms with van der Waals surface area (Å²) in [5.74, 6) is 2.82. The molecule has 23 aromatic carbocycles. The summed E-state index contributed by atoms with van der Waals surface area (Å²) in [6.45, 7) is 2.18. The van der Waals surface area contributed by atoms with E-state index in [4.69, 9.17) is 15.0 Å². The lowest BCUT2D eigenvalue weighted by molar-refractivity contribution is 1.10. The first kappa shape index (κ1) is 83.4. The Kier molecular flexibility index (Phi) is 22.1. The molecule has 0 fully saturated rings. The van der Waals surface area contributed by atoms with E-state index in [0.717, 1.165) is 84.3 Å². The lowest BCUT2D eigenvalue weighted by atomic mass is 9.85. The first-order chi connectivity index (χ1) is 67.4. The molecule has 0 aliphatic heterocycles. The maximum absolute atomic E-state index is 5.21. The highest BCUT2D eigenvalue weighted by Crippen LogP contribution is 2.50. The van der Waals surface area contributed by atoms with E-state index in [9.17, 15) is 0 Å². The Morgan fingerprint density at radius 2 is 0.350 bits per heavy atom. The van der Waals surface area contributed by atoms with Gasteiger partial charge in [-0.15, -0.1) is 0 Å². The minimum atomic E-state index is 0. The molecule has 646 valence electrons. The van der Waals surface area contributed by atoms with Gasteiger partial charge in [0.1, 0.15) is 17.5 Å². The fourth-order valence-corrected chi connectivity index (χ4v) is 20.5. The summed E-state index contributed by atoms with van der Waals surface area (Å²) < 4.78 is 6.83. The van der Waals surface area contributed by atoms with Crippen LogP contribution in [0.25, 0.3) is 238 Å².